The highest BCUT2D eigenvalue weighted by Crippen LogP contribution is 2.43. The lowest BCUT2D eigenvalue weighted by Gasteiger charge is -2.17. The summed E-state index contributed by atoms with van der Waals surface area (Å²) in [5.41, 5.74) is 0.849. The number of carbonyl (C=O) groups excluding carboxylic acids is 1. The minimum absolute atomic E-state index is 0.0974. The maximum atomic E-state index is 11.7. The van der Waals surface area contributed by atoms with E-state index in [2.05, 4.69) is 14.7 Å². The molecule has 0 heterocycles. The molecule has 11 heteroatoms. The maximum absolute atomic E-state index is 11.7. The highest BCUT2D eigenvalue weighted by atomic mass is 32.2. The summed E-state index contributed by atoms with van der Waals surface area (Å²) in [6.07, 6.45) is 0. The van der Waals surface area contributed by atoms with Gasteiger partial charge in [-0.05, 0) is 25.1 Å². The van der Waals surface area contributed by atoms with E-state index < -0.39 is 10.1 Å². The molecule has 25 heavy (non-hydrogen) atoms. The Bertz CT molecular complexity index is 926. The van der Waals surface area contributed by atoms with Crippen LogP contribution < -0.4 is 10.1 Å². The molecule has 0 aromatic heterocycles. The lowest BCUT2D eigenvalue weighted by molar-refractivity contribution is -0.432. The Labute approximate surface area is 147 Å². The van der Waals surface area contributed by atoms with Gasteiger partial charge in [-0.25, -0.2) is 5.26 Å². The van der Waals surface area contributed by atoms with Crippen molar-refractivity contribution in [1.29, 1.82) is 0 Å². The van der Waals surface area contributed by atoms with Gasteiger partial charge in [0, 0.05) is 28.2 Å². The fraction of sp³-hybridized carbons (Fsp3) is 0.214. The summed E-state index contributed by atoms with van der Waals surface area (Å²) in [5, 5.41) is 14.9. The third-order valence-corrected chi connectivity index (χ3v) is 5.01. The molecule has 9 nitrogen and oxygen atoms in total. The molecule has 0 saturated heterocycles. The van der Waals surface area contributed by atoms with Gasteiger partial charge in [0.2, 0.25) is 5.91 Å². The summed E-state index contributed by atoms with van der Waals surface area (Å²) < 4.78 is 42.7. The Kier molecular flexibility index (Phi) is 5.87. The van der Waals surface area contributed by atoms with Crippen LogP contribution in [0.3, 0.4) is 0 Å². The van der Waals surface area contributed by atoms with Crippen LogP contribution in [0, 0.1) is 6.92 Å². The van der Waals surface area contributed by atoms with E-state index in [1.165, 1.54) is 26.2 Å². The average molecular weight is 389 g/mol. The molecular formula is C14H15NO8S2. The Morgan fingerprint density at radius 2 is 2.00 bits per heavy atom. The van der Waals surface area contributed by atoms with E-state index >= 15 is 0 Å². The van der Waals surface area contributed by atoms with E-state index in [9.17, 15) is 17.8 Å². The van der Waals surface area contributed by atoms with Crippen molar-refractivity contribution >= 4 is 44.5 Å². The minimum Gasteiger partial charge on any atom is -0.496 e. The zero-order chi connectivity index (χ0) is 18.8. The molecule has 0 fully saturated rings. The van der Waals surface area contributed by atoms with Crippen molar-refractivity contribution in [2.75, 3.05) is 12.4 Å². The normalized spacial score (nSPS) is 11.6. The second-order valence-electron chi connectivity index (χ2n) is 4.95. The predicted octanol–water partition coefficient (Wildman–Crippen LogP) is 2.79. The molecule has 0 aliphatic heterocycles. The van der Waals surface area contributed by atoms with Crippen LogP contribution in [0.25, 0.3) is 10.8 Å². The van der Waals surface area contributed by atoms with Gasteiger partial charge in [0.1, 0.15) is 10.6 Å². The molecule has 136 valence electrons. The van der Waals surface area contributed by atoms with E-state index in [0.717, 1.165) is 6.07 Å². The van der Waals surface area contributed by atoms with Crippen LogP contribution in [0.5, 0.6) is 5.75 Å². The number of carbonyl (C=O) groups is 1. The van der Waals surface area contributed by atoms with Gasteiger partial charge < -0.3 is 10.1 Å². The summed E-state index contributed by atoms with van der Waals surface area (Å²) >= 11 is 0.614. The summed E-state index contributed by atoms with van der Waals surface area (Å²) in [5.74, 6) is -0.105. The van der Waals surface area contributed by atoms with Gasteiger partial charge >= 0.3 is 0 Å². The molecule has 3 N–H and O–H groups in total. The first-order valence-electron chi connectivity index (χ1n) is 6.74. The van der Waals surface area contributed by atoms with E-state index in [-0.39, 0.29) is 21.9 Å². The van der Waals surface area contributed by atoms with Gasteiger partial charge in [0.05, 0.1) is 24.8 Å². The number of anilines is 1. The molecule has 0 spiro atoms. The van der Waals surface area contributed by atoms with Crippen molar-refractivity contribution in [3.05, 3.63) is 23.8 Å². The van der Waals surface area contributed by atoms with E-state index in [0.29, 0.717) is 33.6 Å². The van der Waals surface area contributed by atoms with Crippen molar-refractivity contribution < 1.29 is 37.1 Å². The second-order valence-corrected chi connectivity index (χ2v) is 7.08. The molecular weight excluding hydrogens is 374 g/mol. The number of rotatable bonds is 6. The number of hydrogen-bond acceptors (Lipinski definition) is 8. The van der Waals surface area contributed by atoms with Gasteiger partial charge in [0.25, 0.3) is 10.1 Å². The molecule has 2 aromatic carbocycles. The van der Waals surface area contributed by atoms with Gasteiger partial charge in [-0.15, -0.1) is 4.33 Å². The fourth-order valence-corrected chi connectivity index (χ4v) is 3.61. The highest BCUT2D eigenvalue weighted by molar-refractivity contribution is 7.94. The molecule has 0 bridgehead atoms. The van der Waals surface area contributed by atoms with Crippen molar-refractivity contribution in [2.24, 2.45) is 0 Å². The van der Waals surface area contributed by atoms with Gasteiger partial charge in [-0.3, -0.25) is 9.35 Å². The smallest absolute Gasteiger partial charge is 0.295 e. The summed E-state index contributed by atoms with van der Waals surface area (Å²) in [6.45, 7) is 2.97. The quantitative estimate of drug-likeness (QED) is 0.295. The molecule has 2 aromatic rings. The fourth-order valence-electron chi connectivity index (χ4n) is 2.44. The molecule has 0 aliphatic rings. The molecule has 0 atom stereocenters. The van der Waals surface area contributed by atoms with Crippen LogP contribution in [0.1, 0.15) is 12.5 Å². The van der Waals surface area contributed by atoms with E-state index in [1.807, 2.05) is 0 Å². The number of ether oxygens (including phenoxy) is 1. The zero-order valence-corrected chi connectivity index (χ0v) is 15.0. The highest BCUT2D eigenvalue weighted by Gasteiger charge is 2.22. The molecule has 0 radical (unpaired) electrons. The summed E-state index contributed by atoms with van der Waals surface area (Å²) in [4.78, 5) is 11.4. The molecule has 0 unspecified atom stereocenters. The Morgan fingerprint density at radius 3 is 2.52 bits per heavy atom. The largest absolute Gasteiger partial charge is 0.496 e. The Morgan fingerprint density at radius 1 is 1.32 bits per heavy atom. The van der Waals surface area contributed by atoms with Crippen LogP contribution in [0.15, 0.2) is 28.0 Å². The lowest BCUT2D eigenvalue weighted by Crippen LogP contribution is -2.09. The monoisotopic (exact) mass is 389 g/mol. The molecule has 2 rings (SSSR count). The second kappa shape index (κ2) is 7.56. The van der Waals surface area contributed by atoms with Crippen LogP contribution in [0.4, 0.5) is 5.69 Å². The topological polar surface area (TPSA) is 131 Å². The van der Waals surface area contributed by atoms with Crippen molar-refractivity contribution in [3.63, 3.8) is 0 Å². The van der Waals surface area contributed by atoms with Gasteiger partial charge in [-0.1, -0.05) is 5.04 Å². The number of methoxy groups -OCH3 is 1. The number of fused-ring (bicyclic) bond motifs is 1. The van der Waals surface area contributed by atoms with Gasteiger partial charge in [0.15, 0.2) is 0 Å². The van der Waals surface area contributed by atoms with Crippen molar-refractivity contribution in [1.82, 2.24) is 0 Å². The van der Waals surface area contributed by atoms with Crippen LogP contribution >= 0.6 is 12.0 Å². The standard InChI is InChI=1S/C14H15NO8S2/c1-7-11(24-23-22-17)6-9-12(25(18,19)20)5-4-10(15-8(2)16)13(9)14(7)21-3/h4-6,17H,1-3H3,(H,15,16)(H,18,19,20). The lowest BCUT2D eigenvalue weighted by atomic mass is 10.0. The number of benzene rings is 2. The Balaban J connectivity index is 2.93. The molecule has 0 saturated carbocycles. The van der Waals surface area contributed by atoms with Crippen LogP contribution in [-0.2, 0) is 24.3 Å². The first-order valence-corrected chi connectivity index (χ1v) is 8.93. The zero-order valence-electron chi connectivity index (χ0n) is 13.4. The Hall–Kier alpha value is -1.89. The minimum atomic E-state index is -4.55. The van der Waals surface area contributed by atoms with Crippen molar-refractivity contribution in [2.45, 2.75) is 23.6 Å². The predicted molar refractivity (Wildman–Crippen MR) is 90.0 cm³/mol. The summed E-state index contributed by atoms with van der Waals surface area (Å²) in [6, 6.07) is 3.93. The van der Waals surface area contributed by atoms with Crippen LogP contribution in [-0.4, -0.2) is 31.2 Å². The van der Waals surface area contributed by atoms with Gasteiger partial charge in [-0.2, -0.15) is 8.42 Å². The van der Waals surface area contributed by atoms with E-state index in [4.69, 9.17) is 9.99 Å². The first kappa shape index (κ1) is 19.4. The van der Waals surface area contributed by atoms with E-state index in [1.54, 1.807) is 6.92 Å². The molecule has 1 amide bonds. The third-order valence-electron chi connectivity index (χ3n) is 3.37. The number of nitrogens with one attached hydrogen (secondary N) is 1. The van der Waals surface area contributed by atoms with Crippen LogP contribution in [0.2, 0.25) is 0 Å². The maximum Gasteiger partial charge on any atom is 0.295 e. The molecule has 0 aliphatic carbocycles. The number of amides is 1. The third kappa shape index (κ3) is 4.03. The average Bonchev–Trinajstić information content (AvgIpc) is 2.51. The SMILES string of the molecule is COc1c(C)c(SOOO)cc2c(S(=O)(=O)O)ccc(NC(C)=O)c12. The summed E-state index contributed by atoms with van der Waals surface area (Å²) in [7, 11) is -3.18. The van der Waals surface area contributed by atoms with Crippen molar-refractivity contribution in [3.8, 4) is 5.75 Å². The first-order chi connectivity index (χ1) is 11.7. The number of hydrogen-bond donors (Lipinski definition) is 3.